The van der Waals surface area contributed by atoms with Crippen molar-refractivity contribution in [3.63, 3.8) is 0 Å². The molecule has 0 spiro atoms. The summed E-state index contributed by atoms with van der Waals surface area (Å²) in [7, 11) is 0. The van der Waals surface area contributed by atoms with Crippen molar-refractivity contribution in [1.29, 1.82) is 0 Å². The van der Waals surface area contributed by atoms with Crippen LogP contribution in [-0.2, 0) is 17.9 Å². The van der Waals surface area contributed by atoms with Gasteiger partial charge in [0.2, 0.25) is 5.91 Å². The Morgan fingerprint density at radius 3 is 2.88 bits per heavy atom. The molecule has 122 valence electrons. The Morgan fingerprint density at radius 2 is 2.08 bits per heavy atom. The van der Waals surface area contributed by atoms with Gasteiger partial charge in [0.15, 0.2) is 5.16 Å². The van der Waals surface area contributed by atoms with Crippen molar-refractivity contribution in [2.45, 2.75) is 18.2 Å². The highest BCUT2D eigenvalue weighted by Crippen LogP contribution is 2.16. The molecule has 0 aromatic carbocycles. The third-order valence-electron chi connectivity index (χ3n) is 3.28. The van der Waals surface area contributed by atoms with E-state index in [4.69, 9.17) is 0 Å². The predicted molar refractivity (Wildman–Crippen MR) is 92.4 cm³/mol. The lowest BCUT2D eigenvalue weighted by atomic mass is 10.3. The van der Waals surface area contributed by atoms with Crippen molar-refractivity contribution in [2.75, 3.05) is 5.75 Å². The molecule has 3 aromatic rings. The zero-order valence-corrected chi connectivity index (χ0v) is 13.8. The van der Waals surface area contributed by atoms with Gasteiger partial charge >= 0.3 is 0 Å². The van der Waals surface area contributed by atoms with E-state index in [2.05, 4.69) is 20.3 Å². The molecule has 0 atom stereocenters. The molecule has 3 aromatic heterocycles. The molecular weight excluding hydrogens is 322 g/mol. The largest absolute Gasteiger partial charge is 0.351 e. The molecule has 7 heteroatoms. The first kappa shape index (κ1) is 16.2. The first-order chi connectivity index (χ1) is 11.8. The van der Waals surface area contributed by atoms with Gasteiger partial charge in [-0.05, 0) is 23.8 Å². The average molecular weight is 339 g/mol. The van der Waals surface area contributed by atoms with Crippen LogP contribution in [0, 0.1) is 0 Å². The summed E-state index contributed by atoms with van der Waals surface area (Å²) >= 11 is 1.41. The van der Waals surface area contributed by atoms with E-state index in [1.54, 1.807) is 24.8 Å². The summed E-state index contributed by atoms with van der Waals surface area (Å²) < 4.78 is 1.99. The van der Waals surface area contributed by atoms with Crippen molar-refractivity contribution in [2.24, 2.45) is 0 Å². The number of carbonyl (C=O) groups excluding carboxylic acids is 1. The van der Waals surface area contributed by atoms with Gasteiger partial charge in [-0.25, -0.2) is 4.98 Å². The van der Waals surface area contributed by atoms with E-state index in [9.17, 15) is 4.79 Å². The monoisotopic (exact) mass is 339 g/mol. The second kappa shape index (κ2) is 8.26. The summed E-state index contributed by atoms with van der Waals surface area (Å²) in [6, 6.07) is 9.59. The number of imidazole rings is 1. The normalized spacial score (nSPS) is 10.5. The molecule has 3 heterocycles. The van der Waals surface area contributed by atoms with Crippen LogP contribution in [0.15, 0.2) is 66.5 Å². The standard InChI is InChI=1S/C17H17N5OS/c23-16(21-11-14-4-3-6-18-10-14)13-24-17-20-8-9-22(17)12-15-5-1-2-7-19-15/h1-10H,11-13H2,(H,21,23). The third-order valence-corrected chi connectivity index (χ3v) is 4.29. The minimum atomic E-state index is -0.0313. The topological polar surface area (TPSA) is 72.7 Å². The second-order valence-corrected chi connectivity index (χ2v) is 6.03. The number of amides is 1. The van der Waals surface area contributed by atoms with Gasteiger partial charge in [-0.15, -0.1) is 0 Å². The van der Waals surface area contributed by atoms with Gasteiger partial charge in [0.1, 0.15) is 0 Å². The Kier molecular flexibility index (Phi) is 5.57. The van der Waals surface area contributed by atoms with Gasteiger partial charge in [0.05, 0.1) is 18.0 Å². The molecule has 0 aliphatic heterocycles. The number of hydrogen-bond acceptors (Lipinski definition) is 5. The molecule has 0 aliphatic carbocycles. The number of hydrogen-bond donors (Lipinski definition) is 1. The number of carbonyl (C=O) groups is 1. The van der Waals surface area contributed by atoms with Crippen molar-refractivity contribution >= 4 is 17.7 Å². The molecule has 24 heavy (non-hydrogen) atoms. The molecule has 0 radical (unpaired) electrons. The SMILES string of the molecule is O=C(CSc1nccn1Cc1ccccn1)NCc1cccnc1. The smallest absolute Gasteiger partial charge is 0.230 e. The van der Waals surface area contributed by atoms with Crippen molar-refractivity contribution < 1.29 is 4.79 Å². The van der Waals surface area contributed by atoms with E-state index in [-0.39, 0.29) is 5.91 Å². The maximum absolute atomic E-state index is 12.0. The summed E-state index contributed by atoms with van der Waals surface area (Å²) in [4.78, 5) is 24.6. The van der Waals surface area contributed by atoms with Gasteiger partial charge in [0.25, 0.3) is 0 Å². The number of thioether (sulfide) groups is 1. The molecule has 0 aliphatic rings. The van der Waals surface area contributed by atoms with Gasteiger partial charge in [0, 0.05) is 37.5 Å². The fourth-order valence-corrected chi connectivity index (χ4v) is 2.90. The molecule has 0 saturated carbocycles. The van der Waals surface area contributed by atoms with Crippen LogP contribution in [0.3, 0.4) is 0 Å². The summed E-state index contributed by atoms with van der Waals surface area (Å²) in [5, 5.41) is 3.68. The fraction of sp³-hybridized carbons (Fsp3) is 0.176. The van der Waals surface area contributed by atoms with E-state index in [0.29, 0.717) is 18.8 Å². The fourth-order valence-electron chi connectivity index (χ4n) is 2.11. The van der Waals surface area contributed by atoms with Crippen LogP contribution in [-0.4, -0.2) is 31.2 Å². The van der Waals surface area contributed by atoms with Crippen LogP contribution < -0.4 is 5.32 Å². The molecular formula is C17H17N5OS. The summed E-state index contributed by atoms with van der Waals surface area (Å²) in [6.07, 6.45) is 8.85. The van der Waals surface area contributed by atoms with E-state index < -0.39 is 0 Å². The van der Waals surface area contributed by atoms with Crippen LogP contribution in [0.5, 0.6) is 0 Å². The highest BCUT2D eigenvalue weighted by molar-refractivity contribution is 7.99. The van der Waals surface area contributed by atoms with Gasteiger partial charge in [-0.2, -0.15) is 0 Å². The van der Waals surface area contributed by atoms with E-state index in [1.807, 2.05) is 41.1 Å². The number of rotatable bonds is 7. The second-order valence-electron chi connectivity index (χ2n) is 5.09. The Labute approximate surface area is 144 Å². The van der Waals surface area contributed by atoms with Gasteiger partial charge in [-0.1, -0.05) is 23.9 Å². The highest BCUT2D eigenvalue weighted by atomic mass is 32.2. The Bertz CT molecular complexity index is 776. The Morgan fingerprint density at radius 1 is 1.12 bits per heavy atom. The van der Waals surface area contributed by atoms with Gasteiger partial charge in [-0.3, -0.25) is 14.8 Å². The first-order valence-electron chi connectivity index (χ1n) is 7.51. The summed E-state index contributed by atoms with van der Waals surface area (Å²) in [6.45, 7) is 1.12. The van der Waals surface area contributed by atoms with E-state index >= 15 is 0 Å². The quantitative estimate of drug-likeness (QED) is 0.668. The molecule has 1 N–H and O–H groups in total. The zero-order valence-electron chi connectivity index (χ0n) is 13.0. The lowest BCUT2D eigenvalue weighted by molar-refractivity contribution is -0.118. The number of aromatic nitrogens is 4. The molecule has 0 bridgehead atoms. The first-order valence-corrected chi connectivity index (χ1v) is 8.49. The van der Waals surface area contributed by atoms with Crippen LogP contribution in [0.4, 0.5) is 0 Å². The van der Waals surface area contributed by atoms with Crippen LogP contribution >= 0.6 is 11.8 Å². The molecule has 1 amide bonds. The van der Waals surface area contributed by atoms with Crippen LogP contribution in [0.1, 0.15) is 11.3 Å². The Balaban J connectivity index is 1.50. The van der Waals surface area contributed by atoms with Crippen molar-refractivity contribution in [1.82, 2.24) is 24.8 Å². The van der Waals surface area contributed by atoms with Crippen molar-refractivity contribution in [3.05, 3.63) is 72.6 Å². The lowest BCUT2D eigenvalue weighted by Gasteiger charge is -2.07. The minimum Gasteiger partial charge on any atom is -0.351 e. The van der Waals surface area contributed by atoms with Crippen LogP contribution in [0.2, 0.25) is 0 Å². The van der Waals surface area contributed by atoms with Crippen molar-refractivity contribution in [3.8, 4) is 0 Å². The maximum Gasteiger partial charge on any atom is 0.230 e. The molecule has 0 fully saturated rings. The lowest BCUT2D eigenvalue weighted by Crippen LogP contribution is -2.24. The maximum atomic E-state index is 12.0. The number of nitrogens with zero attached hydrogens (tertiary/aromatic N) is 4. The third kappa shape index (κ3) is 4.66. The van der Waals surface area contributed by atoms with Crippen LogP contribution in [0.25, 0.3) is 0 Å². The molecule has 6 nitrogen and oxygen atoms in total. The number of nitrogens with one attached hydrogen (secondary N) is 1. The average Bonchev–Trinajstić information content (AvgIpc) is 3.07. The molecule has 0 unspecified atom stereocenters. The predicted octanol–water partition coefficient (Wildman–Crippen LogP) is 2.13. The number of pyridine rings is 2. The summed E-state index contributed by atoms with van der Waals surface area (Å²) in [5.41, 5.74) is 1.94. The van der Waals surface area contributed by atoms with Gasteiger partial charge < -0.3 is 9.88 Å². The highest BCUT2D eigenvalue weighted by Gasteiger charge is 2.08. The molecule has 0 saturated heterocycles. The Hall–Kier alpha value is -2.67. The minimum absolute atomic E-state index is 0.0313. The van der Waals surface area contributed by atoms with E-state index in [1.165, 1.54) is 11.8 Å². The molecule has 3 rings (SSSR count). The van der Waals surface area contributed by atoms with E-state index in [0.717, 1.165) is 16.4 Å². The summed E-state index contributed by atoms with van der Waals surface area (Å²) in [5.74, 6) is 0.288. The zero-order chi connectivity index (χ0) is 16.6.